The van der Waals surface area contributed by atoms with Crippen molar-refractivity contribution in [3.05, 3.63) is 24.0 Å². The van der Waals surface area contributed by atoms with Gasteiger partial charge in [0.2, 0.25) is 0 Å². The van der Waals surface area contributed by atoms with Crippen LogP contribution < -0.4 is 0 Å². The van der Waals surface area contributed by atoms with E-state index in [1.54, 1.807) is 6.92 Å². The molecule has 0 heterocycles. The molecule has 0 aromatic heterocycles. The highest BCUT2D eigenvalue weighted by molar-refractivity contribution is 7.74. The molecular formula is C7H8NO3S-. The standard InChI is InChI=1S/C7H9NO3S/c1-6(4-8)3-7(2)5-11-12(9)10/h5H,1,3H2,2H3,(H,9,10)/p-1. The van der Waals surface area contributed by atoms with E-state index < -0.39 is 11.4 Å². The van der Waals surface area contributed by atoms with Crippen LogP contribution in [-0.2, 0) is 15.5 Å². The fraction of sp³-hybridized carbons (Fsp3) is 0.286. The van der Waals surface area contributed by atoms with E-state index in [0.29, 0.717) is 17.6 Å². The second-order valence-corrected chi connectivity index (χ2v) is 2.76. The van der Waals surface area contributed by atoms with Gasteiger partial charge in [-0.25, -0.2) is 4.21 Å². The Kier molecular flexibility index (Phi) is 5.00. The molecule has 0 aromatic rings. The van der Waals surface area contributed by atoms with E-state index in [4.69, 9.17) is 5.26 Å². The monoisotopic (exact) mass is 186 g/mol. The summed E-state index contributed by atoms with van der Waals surface area (Å²) in [5.74, 6) is 0. The van der Waals surface area contributed by atoms with Crippen molar-refractivity contribution in [3.8, 4) is 6.07 Å². The van der Waals surface area contributed by atoms with Gasteiger partial charge in [0.05, 0.1) is 6.07 Å². The average Bonchev–Trinajstić information content (AvgIpc) is 2.00. The smallest absolute Gasteiger partial charge is 0.138 e. The lowest BCUT2D eigenvalue weighted by molar-refractivity contribution is 0.402. The van der Waals surface area contributed by atoms with Crippen LogP contribution in [0.4, 0.5) is 0 Å². The maximum atomic E-state index is 9.90. The minimum absolute atomic E-state index is 0.327. The Morgan fingerprint density at radius 2 is 2.50 bits per heavy atom. The van der Waals surface area contributed by atoms with Crippen molar-refractivity contribution in [2.24, 2.45) is 0 Å². The van der Waals surface area contributed by atoms with Gasteiger partial charge in [-0.1, -0.05) is 6.58 Å². The van der Waals surface area contributed by atoms with Crippen LogP contribution in [0.1, 0.15) is 13.3 Å². The largest absolute Gasteiger partial charge is 0.740 e. The van der Waals surface area contributed by atoms with Crippen molar-refractivity contribution < 1.29 is 12.9 Å². The zero-order valence-electron chi connectivity index (χ0n) is 6.57. The van der Waals surface area contributed by atoms with Crippen LogP contribution in [0.3, 0.4) is 0 Å². The number of allylic oxidation sites excluding steroid dienone is 2. The maximum Gasteiger partial charge on any atom is 0.138 e. The van der Waals surface area contributed by atoms with Crippen LogP contribution in [0.2, 0.25) is 0 Å². The molecule has 0 aliphatic heterocycles. The first-order chi connectivity index (χ1) is 5.56. The van der Waals surface area contributed by atoms with E-state index in [1.165, 1.54) is 0 Å². The molecule has 0 saturated carbocycles. The molecule has 1 unspecified atom stereocenters. The zero-order valence-corrected chi connectivity index (χ0v) is 7.39. The van der Waals surface area contributed by atoms with Crippen molar-refractivity contribution in [1.29, 1.82) is 5.26 Å². The summed E-state index contributed by atoms with van der Waals surface area (Å²) in [7, 11) is 0. The Morgan fingerprint density at radius 1 is 1.92 bits per heavy atom. The second kappa shape index (κ2) is 5.52. The number of hydrogen-bond donors (Lipinski definition) is 0. The summed E-state index contributed by atoms with van der Waals surface area (Å²) in [4.78, 5) is 0. The van der Waals surface area contributed by atoms with Gasteiger partial charge in [-0.2, -0.15) is 5.26 Å². The Morgan fingerprint density at radius 3 is 2.92 bits per heavy atom. The molecule has 0 rings (SSSR count). The van der Waals surface area contributed by atoms with E-state index in [9.17, 15) is 8.76 Å². The van der Waals surface area contributed by atoms with Crippen LogP contribution in [0.15, 0.2) is 24.0 Å². The summed E-state index contributed by atoms with van der Waals surface area (Å²) in [5, 5.41) is 8.32. The Hall–Kier alpha value is -1.12. The molecule has 0 fully saturated rings. The van der Waals surface area contributed by atoms with Gasteiger partial charge in [-0.3, -0.25) is 0 Å². The van der Waals surface area contributed by atoms with Crippen LogP contribution >= 0.6 is 0 Å². The number of hydrogen-bond acceptors (Lipinski definition) is 4. The number of nitrogens with zero attached hydrogens (tertiary/aromatic N) is 1. The molecule has 0 saturated heterocycles. The topological polar surface area (TPSA) is 73.1 Å². The van der Waals surface area contributed by atoms with Gasteiger partial charge in [0.25, 0.3) is 0 Å². The van der Waals surface area contributed by atoms with E-state index in [-0.39, 0.29) is 0 Å². The van der Waals surface area contributed by atoms with Crippen molar-refractivity contribution in [2.45, 2.75) is 13.3 Å². The quantitative estimate of drug-likeness (QED) is 0.375. The van der Waals surface area contributed by atoms with E-state index >= 15 is 0 Å². The average molecular weight is 186 g/mol. The van der Waals surface area contributed by atoms with E-state index in [0.717, 1.165) is 6.26 Å². The first kappa shape index (κ1) is 10.9. The van der Waals surface area contributed by atoms with E-state index in [2.05, 4.69) is 10.8 Å². The number of rotatable bonds is 4. The van der Waals surface area contributed by atoms with Crippen LogP contribution in [-0.4, -0.2) is 8.76 Å². The van der Waals surface area contributed by atoms with Crippen LogP contribution in [0, 0.1) is 11.3 Å². The Labute approximate surface area is 73.6 Å². The lowest BCUT2D eigenvalue weighted by Crippen LogP contribution is -1.89. The molecule has 12 heavy (non-hydrogen) atoms. The van der Waals surface area contributed by atoms with Gasteiger partial charge in [-0.05, 0) is 12.5 Å². The minimum atomic E-state index is -2.54. The van der Waals surface area contributed by atoms with Gasteiger partial charge in [0.15, 0.2) is 0 Å². The molecule has 0 aliphatic rings. The molecule has 5 heteroatoms. The fourth-order valence-corrected chi connectivity index (χ4v) is 0.782. The molecule has 66 valence electrons. The minimum Gasteiger partial charge on any atom is -0.740 e. The second-order valence-electron chi connectivity index (χ2n) is 2.16. The lowest BCUT2D eigenvalue weighted by Gasteiger charge is -2.03. The summed E-state index contributed by atoms with van der Waals surface area (Å²) in [5.41, 5.74) is 0.995. The van der Waals surface area contributed by atoms with Crippen molar-refractivity contribution in [2.75, 3.05) is 0 Å². The SMILES string of the molecule is C=C(C#N)CC(C)=COS(=O)[O-]. The van der Waals surface area contributed by atoms with Crippen molar-refractivity contribution >= 4 is 11.4 Å². The predicted octanol–water partition coefficient (Wildman–Crippen LogP) is 1.17. The molecule has 0 aliphatic carbocycles. The zero-order chi connectivity index (χ0) is 9.56. The van der Waals surface area contributed by atoms with E-state index in [1.807, 2.05) is 6.07 Å². The molecule has 0 amide bonds. The molecule has 0 aromatic carbocycles. The lowest BCUT2D eigenvalue weighted by atomic mass is 10.1. The summed E-state index contributed by atoms with van der Waals surface area (Å²) in [6, 6.07) is 1.84. The highest BCUT2D eigenvalue weighted by atomic mass is 32.2. The van der Waals surface area contributed by atoms with Crippen LogP contribution in [0.25, 0.3) is 0 Å². The first-order valence-electron chi connectivity index (χ1n) is 3.06. The fourth-order valence-electron chi connectivity index (χ4n) is 0.539. The summed E-state index contributed by atoms with van der Waals surface area (Å²) in [6.07, 6.45) is 1.40. The molecule has 1 atom stereocenters. The first-order valence-corrected chi connectivity index (χ1v) is 4.06. The van der Waals surface area contributed by atoms with Crippen LogP contribution in [0.5, 0.6) is 0 Å². The predicted molar refractivity (Wildman–Crippen MR) is 43.1 cm³/mol. The Balaban J connectivity index is 3.96. The molecule has 0 N–H and O–H groups in total. The van der Waals surface area contributed by atoms with Crippen molar-refractivity contribution in [1.82, 2.24) is 0 Å². The highest BCUT2D eigenvalue weighted by Gasteiger charge is 1.93. The molecule has 0 bridgehead atoms. The summed E-state index contributed by atoms with van der Waals surface area (Å²) >= 11 is -2.54. The van der Waals surface area contributed by atoms with Gasteiger partial charge in [-0.15, -0.1) is 0 Å². The Bertz CT molecular complexity index is 264. The van der Waals surface area contributed by atoms with Crippen molar-refractivity contribution in [3.63, 3.8) is 0 Å². The summed E-state index contributed by atoms with van der Waals surface area (Å²) in [6.45, 7) is 5.08. The molecule has 0 radical (unpaired) electrons. The van der Waals surface area contributed by atoms with Gasteiger partial charge in [0, 0.05) is 12.0 Å². The van der Waals surface area contributed by atoms with Gasteiger partial charge < -0.3 is 8.74 Å². The van der Waals surface area contributed by atoms with Gasteiger partial charge in [0.1, 0.15) is 17.6 Å². The normalized spacial score (nSPS) is 13.2. The summed E-state index contributed by atoms with van der Waals surface area (Å²) < 4.78 is 24.0. The molecule has 0 spiro atoms. The highest BCUT2D eigenvalue weighted by Crippen LogP contribution is 2.07. The third-order valence-corrected chi connectivity index (χ3v) is 1.23. The van der Waals surface area contributed by atoms with Gasteiger partial charge >= 0.3 is 0 Å². The third-order valence-electron chi connectivity index (χ3n) is 0.978. The third kappa shape index (κ3) is 5.65. The molecule has 4 nitrogen and oxygen atoms in total. The maximum absolute atomic E-state index is 9.90. The molecular weight excluding hydrogens is 178 g/mol. The number of nitriles is 1.